The minimum absolute atomic E-state index is 1.06. The lowest BCUT2D eigenvalue weighted by molar-refractivity contribution is 0.611. The highest BCUT2D eigenvalue weighted by Gasteiger charge is 1.87. The van der Waals surface area contributed by atoms with Gasteiger partial charge in [0.25, 0.3) is 0 Å². The second-order valence-corrected chi connectivity index (χ2v) is 5.56. The minimum Gasteiger partial charge on any atom is -0.0885 e. The lowest BCUT2D eigenvalue weighted by atomic mass is 10.1. The van der Waals surface area contributed by atoms with Gasteiger partial charge in [-0.1, -0.05) is 94.6 Å². The van der Waals surface area contributed by atoms with Gasteiger partial charge in [-0.2, -0.15) is 0 Å². The molecule has 0 saturated heterocycles. The zero-order valence-corrected chi connectivity index (χ0v) is 14.4. The van der Waals surface area contributed by atoms with Gasteiger partial charge in [-0.15, -0.1) is 0 Å². The maximum atomic E-state index is 2.34. The summed E-state index contributed by atoms with van der Waals surface area (Å²) in [5, 5.41) is 0. The van der Waals surface area contributed by atoms with Gasteiger partial charge >= 0.3 is 0 Å². The smallest absolute Gasteiger partial charge is 0.0169 e. The Morgan fingerprint density at radius 1 is 0.476 bits per heavy atom. The molecule has 120 valence electrons. The number of hydrogen-bond donors (Lipinski definition) is 0. The van der Waals surface area contributed by atoms with Crippen LogP contribution in [0.5, 0.6) is 0 Å². The topological polar surface area (TPSA) is 0 Å². The Kier molecular flexibility index (Phi) is 18.0. The summed E-state index contributed by atoms with van der Waals surface area (Å²) in [7, 11) is 0. The fourth-order valence-electron chi connectivity index (χ4n) is 2.14. The molecule has 0 aromatic carbocycles. The van der Waals surface area contributed by atoms with Crippen LogP contribution in [-0.4, -0.2) is 0 Å². The SMILES string of the molecule is CC/C=C\C/C=C\C/C=C\C/C=C\CCCCCCCC. The molecule has 0 saturated carbocycles. The van der Waals surface area contributed by atoms with Gasteiger partial charge in [0, 0.05) is 0 Å². The van der Waals surface area contributed by atoms with E-state index in [9.17, 15) is 0 Å². The molecule has 0 nitrogen and oxygen atoms in total. The lowest BCUT2D eigenvalue weighted by Gasteiger charge is -1.97. The van der Waals surface area contributed by atoms with Crippen molar-refractivity contribution in [3.63, 3.8) is 0 Å². The highest BCUT2D eigenvalue weighted by atomic mass is 13.9. The van der Waals surface area contributed by atoms with Crippen LogP contribution in [0.2, 0.25) is 0 Å². The molecular weight excluding hydrogens is 252 g/mol. The second kappa shape index (κ2) is 19.0. The fraction of sp³-hybridized carbons (Fsp3) is 0.619. The van der Waals surface area contributed by atoms with E-state index in [2.05, 4.69) is 62.5 Å². The summed E-state index contributed by atoms with van der Waals surface area (Å²) < 4.78 is 0. The maximum absolute atomic E-state index is 2.34. The molecule has 0 N–H and O–H groups in total. The van der Waals surface area contributed by atoms with Crippen LogP contribution in [0.1, 0.15) is 84.5 Å². The third kappa shape index (κ3) is 19.0. The van der Waals surface area contributed by atoms with Crippen molar-refractivity contribution in [2.45, 2.75) is 84.5 Å². The molecule has 0 aliphatic carbocycles. The quantitative estimate of drug-likeness (QED) is 0.229. The molecule has 0 bridgehead atoms. The zero-order valence-electron chi connectivity index (χ0n) is 14.4. The van der Waals surface area contributed by atoms with Crippen LogP contribution >= 0.6 is 0 Å². The zero-order chi connectivity index (χ0) is 15.4. The van der Waals surface area contributed by atoms with E-state index in [-0.39, 0.29) is 0 Å². The number of rotatable bonds is 14. The average molecular weight is 289 g/mol. The standard InChI is InChI=1S/C21H36/c1-3-5-7-9-11-13-15-17-19-21-20-18-16-14-12-10-8-6-4-2/h5,7,11,13,17-20H,3-4,6,8-10,12,14-16,21H2,1-2H3/b7-5-,13-11-,19-17-,20-18-. The Balaban J connectivity index is 3.30. The molecule has 0 rings (SSSR count). The number of hydrogen-bond acceptors (Lipinski definition) is 0. The first-order valence-corrected chi connectivity index (χ1v) is 9.01. The van der Waals surface area contributed by atoms with Crippen LogP contribution in [0.3, 0.4) is 0 Å². The summed E-state index contributed by atoms with van der Waals surface area (Å²) in [6.45, 7) is 4.44. The minimum atomic E-state index is 1.06. The van der Waals surface area contributed by atoms with Crippen LogP contribution in [0, 0.1) is 0 Å². The predicted octanol–water partition coefficient (Wildman–Crippen LogP) is 7.54. The van der Waals surface area contributed by atoms with Gasteiger partial charge in [0.1, 0.15) is 0 Å². The van der Waals surface area contributed by atoms with E-state index < -0.39 is 0 Å². The van der Waals surface area contributed by atoms with Crippen LogP contribution in [0.4, 0.5) is 0 Å². The molecule has 0 aromatic rings. The molecule has 0 radical (unpaired) electrons. The van der Waals surface area contributed by atoms with Crippen LogP contribution < -0.4 is 0 Å². The van der Waals surface area contributed by atoms with Gasteiger partial charge in [-0.05, 0) is 38.5 Å². The maximum Gasteiger partial charge on any atom is -0.0169 e. The van der Waals surface area contributed by atoms with Gasteiger partial charge in [0.15, 0.2) is 0 Å². The summed E-state index contributed by atoms with van der Waals surface area (Å²) in [4.78, 5) is 0. The highest BCUT2D eigenvalue weighted by Crippen LogP contribution is 2.07. The van der Waals surface area contributed by atoms with Gasteiger partial charge in [0.05, 0.1) is 0 Å². The Morgan fingerprint density at radius 2 is 0.952 bits per heavy atom. The van der Waals surface area contributed by atoms with Crippen molar-refractivity contribution in [3.05, 3.63) is 48.6 Å². The van der Waals surface area contributed by atoms with Crippen LogP contribution in [-0.2, 0) is 0 Å². The molecule has 21 heavy (non-hydrogen) atoms. The molecular formula is C21H36. The van der Waals surface area contributed by atoms with Gasteiger partial charge in [-0.3, -0.25) is 0 Å². The molecule has 0 aliphatic rings. The largest absolute Gasteiger partial charge is 0.0885 e. The van der Waals surface area contributed by atoms with E-state index >= 15 is 0 Å². The first-order valence-electron chi connectivity index (χ1n) is 9.01. The molecule has 0 unspecified atom stereocenters. The van der Waals surface area contributed by atoms with Crippen LogP contribution in [0.25, 0.3) is 0 Å². The molecule has 0 heterocycles. The summed E-state index contributed by atoms with van der Waals surface area (Å²) in [5.74, 6) is 0. The van der Waals surface area contributed by atoms with E-state index in [1.807, 2.05) is 0 Å². The van der Waals surface area contributed by atoms with Gasteiger partial charge in [-0.25, -0.2) is 0 Å². The average Bonchev–Trinajstić information content (AvgIpc) is 2.50. The Hall–Kier alpha value is -1.04. The van der Waals surface area contributed by atoms with Crippen molar-refractivity contribution in [1.82, 2.24) is 0 Å². The summed E-state index contributed by atoms with van der Waals surface area (Å²) >= 11 is 0. The summed E-state index contributed by atoms with van der Waals surface area (Å²) in [5.41, 5.74) is 0. The summed E-state index contributed by atoms with van der Waals surface area (Å²) in [6.07, 6.45) is 32.1. The molecule has 0 atom stereocenters. The van der Waals surface area contributed by atoms with E-state index in [1.165, 1.54) is 44.9 Å². The second-order valence-electron chi connectivity index (χ2n) is 5.56. The van der Waals surface area contributed by atoms with E-state index in [0.717, 1.165) is 25.7 Å². The van der Waals surface area contributed by atoms with Crippen molar-refractivity contribution < 1.29 is 0 Å². The monoisotopic (exact) mass is 288 g/mol. The fourth-order valence-corrected chi connectivity index (χ4v) is 2.14. The lowest BCUT2D eigenvalue weighted by Crippen LogP contribution is -1.77. The normalized spacial score (nSPS) is 12.7. The first-order chi connectivity index (χ1) is 10.4. The number of allylic oxidation sites excluding steroid dienone is 8. The molecule has 0 spiro atoms. The van der Waals surface area contributed by atoms with Crippen LogP contribution in [0.15, 0.2) is 48.6 Å². The molecule has 0 aliphatic heterocycles. The van der Waals surface area contributed by atoms with E-state index in [0.29, 0.717) is 0 Å². The highest BCUT2D eigenvalue weighted by molar-refractivity contribution is 4.99. The first kappa shape index (κ1) is 20.0. The predicted molar refractivity (Wildman–Crippen MR) is 98.7 cm³/mol. The molecule has 0 amide bonds. The molecule has 0 aromatic heterocycles. The Bertz CT molecular complexity index is 291. The third-order valence-electron chi connectivity index (χ3n) is 3.44. The Labute approximate surface area is 133 Å². The van der Waals surface area contributed by atoms with Crippen molar-refractivity contribution in [2.24, 2.45) is 0 Å². The van der Waals surface area contributed by atoms with Crippen molar-refractivity contribution in [2.75, 3.05) is 0 Å². The summed E-state index contributed by atoms with van der Waals surface area (Å²) in [6, 6.07) is 0. The Morgan fingerprint density at radius 3 is 1.52 bits per heavy atom. The van der Waals surface area contributed by atoms with Gasteiger partial charge < -0.3 is 0 Å². The van der Waals surface area contributed by atoms with Crippen molar-refractivity contribution in [1.29, 1.82) is 0 Å². The molecule has 0 fully saturated rings. The molecule has 0 heteroatoms. The van der Waals surface area contributed by atoms with E-state index in [1.54, 1.807) is 0 Å². The number of unbranched alkanes of at least 4 members (excludes halogenated alkanes) is 6. The third-order valence-corrected chi connectivity index (χ3v) is 3.44. The van der Waals surface area contributed by atoms with Gasteiger partial charge in [0.2, 0.25) is 0 Å². The van der Waals surface area contributed by atoms with Crippen molar-refractivity contribution in [3.8, 4) is 0 Å². The van der Waals surface area contributed by atoms with Crippen molar-refractivity contribution >= 4 is 0 Å². The van der Waals surface area contributed by atoms with E-state index in [4.69, 9.17) is 0 Å².